The van der Waals surface area contributed by atoms with Gasteiger partial charge in [0.1, 0.15) is 11.6 Å². The summed E-state index contributed by atoms with van der Waals surface area (Å²) >= 11 is 5.74. The van der Waals surface area contributed by atoms with Crippen molar-refractivity contribution < 1.29 is 17.5 Å². The summed E-state index contributed by atoms with van der Waals surface area (Å²) in [6.45, 7) is 1.56. The van der Waals surface area contributed by atoms with Gasteiger partial charge in [0.05, 0.1) is 16.5 Å². The van der Waals surface area contributed by atoms with Crippen LogP contribution in [0.3, 0.4) is 0 Å². The summed E-state index contributed by atoms with van der Waals surface area (Å²) in [5.41, 5.74) is 2.32. The Hall–Kier alpha value is -1.63. The van der Waals surface area contributed by atoms with Gasteiger partial charge in [-0.15, -0.1) is 0 Å². The molecule has 2 aliphatic heterocycles. The lowest BCUT2D eigenvalue weighted by atomic mass is 9.96. The fraction of sp³-hybridized carbons (Fsp3) is 0.333. The van der Waals surface area contributed by atoms with Crippen molar-refractivity contribution in [3.05, 3.63) is 58.4 Å². The molecular formula is C18H17ClFNO3S. The SMILES string of the molecule is O=S(=O)(c1ccc(F)c(Cl)c1)N1CC[C@H](c2ccc3c(c2)CCO3)C1. The van der Waals surface area contributed by atoms with Crippen LogP contribution < -0.4 is 4.74 Å². The van der Waals surface area contributed by atoms with E-state index in [4.69, 9.17) is 16.3 Å². The van der Waals surface area contributed by atoms with Crippen molar-refractivity contribution in [2.45, 2.75) is 23.7 Å². The summed E-state index contributed by atoms with van der Waals surface area (Å²) in [7, 11) is -3.67. The first kappa shape index (κ1) is 16.8. The molecule has 1 atom stereocenters. The van der Waals surface area contributed by atoms with Crippen LogP contribution in [0.25, 0.3) is 0 Å². The normalized spacial score (nSPS) is 20.5. The zero-order valence-corrected chi connectivity index (χ0v) is 15.0. The van der Waals surface area contributed by atoms with Crippen LogP contribution >= 0.6 is 11.6 Å². The second kappa shape index (κ2) is 6.27. The van der Waals surface area contributed by atoms with Gasteiger partial charge in [-0.05, 0) is 47.7 Å². The van der Waals surface area contributed by atoms with Crippen molar-refractivity contribution in [1.29, 1.82) is 0 Å². The number of ether oxygens (including phenoxy) is 1. The Morgan fingerprint density at radius 3 is 2.84 bits per heavy atom. The number of rotatable bonds is 3. The minimum Gasteiger partial charge on any atom is -0.493 e. The molecule has 2 aromatic rings. The number of hydrogen-bond donors (Lipinski definition) is 0. The minimum absolute atomic E-state index is 0.0295. The molecule has 0 unspecified atom stereocenters. The van der Waals surface area contributed by atoms with Crippen molar-refractivity contribution >= 4 is 21.6 Å². The highest BCUT2D eigenvalue weighted by atomic mass is 35.5. The van der Waals surface area contributed by atoms with Gasteiger partial charge in [-0.25, -0.2) is 12.8 Å². The Kier molecular flexibility index (Phi) is 4.22. The zero-order chi connectivity index (χ0) is 17.6. The summed E-state index contributed by atoms with van der Waals surface area (Å²) in [6.07, 6.45) is 1.65. The molecule has 25 heavy (non-hydrogen) atoms. The van der Waals surface area contributed by atoms with Gasteiger partial charge in [0.25, 0.3) is 0 Å². The largest absolute Gasteiger partial charge is 0.493 e. The van der Waals surface area contributed by atoms with Crippen molar-refractivity contribution in [2.24, 2.45) is 0 Å². The summed E-state index contributed by atoms with van der Waals surface area (Å²) < 4.78 is 45.8. The molecule has 7 heteroatoms. The van der Waals surface area contributed by atoms with E-state index in [1.165, 1.54) is 22.0 Å². The molecule has 0 aliphatic carbocycles. The van der Waals surface area contributed by atoms with Crippen molar-refractivity contribution in [3.8, 4) is 5.75 Å². The Labute approximate surface area is 151 Å². The number of nitrogens with zero attached hydrogens (tertiary/aromatic N) is 1. The van der Waals surface area contributed by atoms with E-state index in [0.29, 0.717) is 19.7 Å². The molecule has 0 amide bonds. The fourth-order valence-electron chi connectivity index (χ4n) is 3.47. The van der Waals surface area contributed by atoms with Gasteiger partial charge in [0, 0.05) is 19.5 Å². The number of hydrogen-bond acceptors (Lipinski definition) is 3. The van der Waals surface area contributed by atoms with E-state index >= 15 is 0 Å². The Morgan fingerprint density at radius 2 is 2.04 bits per heavy atom. The van der Waals surface area contributed by atoms with Crippen molar-refractivity contribution in [1.82, 2.24) is 4.31 Å². The lowest BCUT2D eigenvalue weighted by Gasteiger charge is -2.17. The van der Waals surface area contributed by atoms with Crippen molar-refractivity contribution in [2.75, 3.05) is 19.7 Å². The molecule has 0 N–H and O–H groups in total. The van der Waals surface area contributed by atoms with Crippen LogP contribution in [0.5, 0.6) is 5.75 Å². The molecule has 2 heterocycles. The van der Waals surface area contributed by atoms with Crippen LogP contribution in [0.1, 0.15) is 23.5 Å². The summed E-state index contributed by atoms with van der Waals surface area (Å²) in [4.78, 5) is 0.0295. The third-order valence-electron chi connectivity index (χ3n) is 4.86. The van der Waals surface area contributed by atoms with E-state index in [9.17, 15) is 12.8 Å². The first-order valence-electron chi connectivity index (χ1n) is 8.16. The topological polar surface area (TPSA) is 46.6 Å². The second-order valence-corrected chi connectivity index (χ2v) is 8.74. The quantitative estimate of drug-likeness (QED) is 0.816. The summed E-state index contributed by atoms with van der Waals surface area (Å²) in [5.74, 6) is 0.448. The molecule has 0 bridgehead atoms. The van der Waals surface area contributed by atoms with Crippen molar-refractivity contribution in [3.63, 3.8) is 0 Å². The van der Waals surface area contributed by atoms with Crippen LogP contribution in [-0.2, 0) is 16.4 Å². The van der Waals surface area contributed by atoms with Gasteiger partial charge in [0.2, 0.25) is 10.0 Å². The van der Waals surface area contributed by atoms with Crippen LogP contribution in [0, 0.1) is 5.82 Å². The summed E-state index contributed by atoms with van der Waals surface area (Å²) in [5, 5.41) is -0.185. The third kappa shape index (κ3) is 3.03. The maximum absolute atomic E-state index is 13.3. The molecular weight excluding hydrogens is 365 g/mol. The highest BCUT2D eigenvalue weighted by Gasteiger charge is 2.34. The van der Waals surface area contributed by atoms with Gasteiger partial charge >= 0.3 is 0 Å². The first-order chi connectivity index (χ1) is 11.9. The Bertz CT molecular complexity index is 932. The highest BCUT2D eigenvalue weighted by molar-refractivity contribution is 7.89. The van der Waals surface area contributed by atoms with Crippen LogP contribution in [0.2, 0.25) is 5.02 Å². The van der Waals surface area contributed by atoms with E-state index in [1.54, 1.807) is 0 Å². The van der Waals surface area contributed by atoms with E-state index in [1.807, 2.05) is 12.1 Å². The van der Waals surface area contributed by atoms with Gasteiger partial charge in [0.15, 0.2) is 0 Å². The maximum Gasteiger partial charge on any atom is 0.243 e. The lowest BCUT2D eigenvalue weighted by molar-refractivity contribution is 0.357. The molecule has 0 saturated carbocycles. The summed E-state index contributed by atoms with van der Waals surface area (Å²) in [6, 6.07) is 9.62. The predicted molar refractivity (Wildman–Crippen MR) is 93.2 cm³/mol. The van der Waals surface area contributed by atoms with E-state index in [0.717, 1.165) is 30.2 Å². The van der Waals surface area contributed by atoms with Crippen LogP contribution in [-0.4, -0.2) is 32.4 Å². The Morgan fingerprint density at radius 1 is 1.20 bits per heavy atom. The lowest BCUT2D eigenvalue weighted by Crippen LogP contribution is -2.28. The maximum atomic E-state index is 13.3. The molecule has 1 fully saturated rings. The molecule has 132 valence electrons. The van der Waals surface area contributed by atoms with E-state index in [2.05, 4.69) is 6.07 Å². The average molecular weight is 382 g/mol. The smallest absolute Gasteiger partial charge is 0.243 e. The number of benzene rings is 2. The molecule has 2 aromatic carbocycles. The predicted octanol–water partition coefficient (Wildman–Crippen LogP) is 3.59. The molecule has 4 rings (SSSR count). The molecule has 1 saturated heterocycles. The number of fused-ring (bicyclic) bond motifs is 1. The van der Waals surface area contributed by atoms with E-state index < -0.39 is 15.8 Å². The fourth-order valence-corrected chi connectivity index (χ4v) is 5.24. The highest BCUT2D eigenvalue weighted by Crippen LogP contribution is 2.35. The number of halogens is 2. The average Bonchev–Trinajstić information content (AvgIpc) is 3.25. The van der Waals surface area contributed by atoms with Gasteiger partial charge in [-0.2, -0.15) is 4.31 Å². The van der Waals surface area contributed by atoms with Gasteiger partial charge in [-0.1, -0.05) is 23.7 Å². The molecule has 0 radical (unpaired) electrons. The third-order valence-corrected chi connectivity index (χ3v) is 7.02. The molecule has 4 nitrogen and oxygen atoms in total. The first-order valence-corrected chi connectivity index (χ1v) is 9.98. The zero-order valence-electron chi connectivity index (χ0n) is 13.4. The minimum atomic E-state index is -3.67. The standard InChI is InChI=1S/C18H17ClFNO3S/c19-16-10-15(2-3-17(16)20)25(22,23)21-7-5-14(11-21)12-1-4-18-13(9-12)6-8-24-18/h1-4,9-10,14H,5-8,11H2/t14-/m0/s1. The van der Waals surface area contributed by atoms with Gasteiger partial charge in [-0.3, -0.25) is 0 Å². The monoisotopic (exact) mass is 381 g/mol. The Balaban J connectivity index is 1.56. The second-order valence-electron chi connectivity index (χ2n) is 6.39. The van der Waals surface area contributed by atoms with Crippen LogP contribution in [0.4, 0.5) is 4.39 Å². The molecule has 0 spiro atoms. The van der Waals surface area contributed by atoms with Crippen LogP contribution in [0.15, 0.2) is 41.3 Å². The number of sulfonamides is 1. The molecule has 2 aliphatic rings. The van der Waals surface area contributed by atoms with Gasteiger partial charge < -0.3 is 4.74 Å². The van der Waals surface area contributed by atoms with E-state index in [-0.39, 0.29) is 15.8 Å². The molecule has 0 aromatic heterocycles.